The predicted octanol–water partition coefficient (Wildman–Crippen LogP) is 3.19. The van der Waals surface area contributed by atoms with E-state index >= 15 is 0 Å². The van der Waals surface area contributed by atoms with Gasteiger partial charge >= 0.3 is 0 Å². The zero-order chi connectivity index (χ0) is 18.2. The van der Waals surface area contributed by atoms with E-state index in [9.17, 15) is 4.79 Å². The minimum atomic E-state index is -0.311. The van der Waals surface area contributed by atoms with E-state index in [0.717, 1.165) is 22.5 Å². The number of carbonyl (C=O) groups is 1. The SMILES string of the molecule is Cc1cc(C)n(Cc2cccc(C(=O)N3C[C@@H](C)OC(C)(C)C3)c2)n1. The molecule has 0 radical (unpaired) electrons. The molecule has 0 saturated carbocycles. The van der Waals surface area contributed by atoms with Crippen LogP contribution in [0, 0.1) is 13.8 Å². The van der Waals surface area contributed by atoms with Crippen LogP contribution in [0.2, 0.25) is 0 Å². The number of nitrogens with zero attached hydrogens (tertiary/aromatic N) is 3. The van der Waals surface area contributed by atoms with E-state index in [1.165, 1.54) is 0 Å². The van der Waals surface area contributed by atoms with Crippen LogP contribution in [0.25, 0.3) is 0 Å². The number of aromatic nitrogens is 2. The minimum absolute atomic E-state index is 0.0468. The fourth-order valence-corrected chi connectivity index (χ4v) is 3.60. The van der Waals surface area contributed by atoms with Crippen molar-refractivity contribution in [3.63, 3.8) is 0 Å². The maximum atomic E-state index is 13.0. The van der Waals surface area contributed by atoms with Gasteiger partial charge in [-0.25, -0.2) is 0 Å². The Labute approximate surface area is 149 Å². The van der Waals surface area contributed by atoms with E-state index in [2.05, 4.69) is 11.2 Å². The fourth-order valence-electron chi connectivity index (χ4n) is 3.60. The molecule has 1 amide bonds. The van der Waals surface area contributed by atoms with Gasteiger partial charge in [0.2, 0.25) is 0 Å². The van der Waals surface area contributed by atoms with E-state index in [-0.39, 0.29) is 17.6 Å². The topological polar surface area (TPSA) is 47.4 Å². The highest BCUT2D eigenvalue weighted by Gasteiger charge is 2.34. The molecule has 3 rings (SSSR count). The first-order valence-corrected chi connectivity index (χ1v) is 8.80. The summed E-state index contributed by atoms with van der Waals surface area (Å²) < 4.78 is 7.87. The summed E-state index contributed by atoms with van der Waals surface area (Å²) in [5, 5.41) is 4.50. The number of morpholine rings is 1. The van der Waals surface area contributed by atoms with Crippen LogP contribution in [0.15, 0.2) is 30.3 Å². The van der Waals surface area contributed by atoms with Gasteiger partial charge in [0.1, 0.15) is 0 Å². The van der Waals surface area contributed by atoms with Gasteiger partial charge in [-0.05, 0) is 58.4 Å². The average molecular weight is 341 g/mol. The first kappa shape index (κ1) is 17.7. The van der Waals surface area contributed by atoms with Crippen molar-refractivity contribution in [3.05, 3.63) is 52.8 Å². The Kier molecular flexibility index (Phi) is 4.69. The van der Waals surface area contributed by atoms with E-state index in [4.69, 9.17) is 4.74 Å². The quantitative estimate of drug-likeness (QED) is 0.861. The molecule has 1 atom stereocenters. The molecule has 134 valence electrons. The lowest BCUT2D eigenvalue weighted by molar-refractivity contribution is -0.118. The van der Waals surface area contributed by atoms with Gasteiger partial charge in [-0.2, -0.15) is 5.10 Å². The Morgan fingerprint density at radius 3 is 2.72 bits per heavy atom. The normalized spacial score (nSPS) is 19.9. The number of benzene rings is 1. The third-order valence-electron chi connectivity index (χ3n) is 4.47. The number of hydrogen-bond donors (Lipinski definition) is 0. The molecule has 1 aromatic carbocycles. The van der Waals surface area contributed by atoms with E-state index in [0.29, 0.717) is 19.6 Å². The highest BCUT2D eigenvalue weighted by atomic mass is 16.5. The summed E-state index contributed by atoms with van der Waals surface area (Å²) in [6, 6.07) is 9.92. The van der Waals surface area contributed by atoms with Gasteiger partial charge < -0.3 is 9.64 Å². The van der Waals surface area contributed by atoms with Crippen molar-refractivity contribution in [2.45, 2.75) is 52.9 Å². The summed E-state index contributed by atoms with van der Waals surface area (Å²) in [7, 11) is 0. The molecule has 2 aromatic rings. The first-order chi connectivity index (χ1) is 11.7. The van der Waals surface area contributed by atoms with Crippen molar-refractivity contribution in [3.8, 4) is 0 Å². The van der Waals surface area contributed by atoms with Crippen LogP contribution in [0.3, 0.4) is 0 Å². The summed E-state index contributed by atoms with van der Waals surface area (Å²) in [6.45, 7) is 12.0. The zero-order valence-electron chi connectivity index (χ0n) is 15.7. The second-order valence-corrected chi connectivity index (χ2v) is 7.66. The lowest BCUT2D eigenvalue weighted by Crippen LogP contribution is -2.53. The van der Waals surface area contributed by atoms with Crippen molar-refractivity contribution < 1.29 is 9.53 Å². The molecule has 0 unspecified atom stereocenters. The third kappa shape index (κ3) is 4.10. The van der Waals surface area contributed by atoms with Gasteiger partial charge in [0.25, 0.3) is 5.91 Å². The van der Waals surface area contributed by atoms with E-state index in [1.54, 1.807) is 0 Å². The number of ether oxygens (including phenoxy) is 1. The molecule has 0 N–H and O–H groups in total. The molecule has 1 aromatic heterocycles. The molecular weight excluding hydrogens is 314 g/mol. The number of carbonyl (C=O) groups excluding carboxylic acids is 1. The predicted molar refractivity (Wildman–Crippen MR) is 97.8 cm³/mol. The largest absolute Gasteiger partial charge is 0.369 e. The lowest BCUT2D eigenvalue weighted by Gasteiger charge is -2.41. The van der Waals surface area contributed by atoms with Crippen molar-refractivity contribution >= 4 is 5.91 Å². The lowest BCUT2D eigenvalue weighted by atomic mass is 10.0. The van der Waals surface area contributed by atoms with Crippen molar-refractivity contribution in [2.24, 2.45) is 0 Å². The van der Waals surface area contributed by atoms with E-state index in [1.807, 2.05) is 68.5 Å². The molecule has 5 heteroatoms. The van der Waals surface area contributed by atoms with Crippen molar-refractivity contribution in [1.82, 2.24) is 14.7 Å². The van der Waals surface area contributed by atoms with Gasteiger partial charge in [0, 0.05) is 24.3 Å². The summed E-state index contributed by atoms with van der Waals surface area (Å²) >= 11 is 0. The van der Waals surface area contributed by atoms with Crippen LogP contribution in [-0.4, -0.2) is 45.4 Å². The Morgan fingerprint density at radius 2 is 2.08 bits per heavy atom. The van der Waals surface area contributed by atoms with Crippen molar-refractivity contribution in [1.29, 1.82) is 0 Å². The maximum Gasteiger partial charge on any atom is 0.254 e. The zero-order valence-corrected chi connectivity index (χ0v) is 15.7. The van der Waals surface area contributed by atoms with E-state index < -0.39 is 0 Å². The number of rotatable bonds is 3. The first-order valence-electron chi connectivity index (χ1n) is 8.80. The molecule has 0 spiro atoms. The summed E-state index contributed by atoms with van der Waals surface area (Å²) in [5.74, 6) is 0.0680. The highest BCUT2D eigenvalue weighted by Crippen LogP contribution is 2.22. The summed E-state index contributed by atoms with van der Waals surface area (Å²) in [5.41, 5.74) is 3.63. The van der Waals surface area contributed by atoms with Gasteiger partial charge in [0.15, 0.2) is 0 Å². The molecule has 0 aliphatic carbocycles. The second kappa shape index (κ2) is 6.64. The number of hydrogen-bond acceptors (Lipinski definition) is 3. The molecule has 1 fully saturated rings. The molecule has 1 aliphatic heterocycles. The molecule has 2 heterocycles. The molecule has 1 saturated heterocycles. The fraction of sp³-hybridized carbons (Fsp3) is 0.500. The van der Waals surface area contributed by atoms with Gasteiger partial charge in [-0.15, -0.1) is 0 Å². The molecule has 25 heavy (non-hydrogen) atoms. The second-order valence-electron chi connectivity index (χ2n) is 7.66. The van der Waals surface area contributed by atoms with Crippen LogP contribution < -0.4 is 0 Å². The third-order valence-corrected chi connectivity index (χ3v) is 4.47. The molecular formula is C20H27N3O2. The van der Waals surface area contributed by atoms with Crippen LogP contribution in [-0.2, 0) is 11.3 Å². The molecule has 5 nitrogen and oxygen atoms in total. The number of aryl methyl sites for hydroxylation is 2. The number of amides is 1. The van der Waals surface area contributed by atoms with Gasteiger partial charge in [-0.3, -0.25) is 9.48 Å². The Bertz CT molecular complexity index is 779. The minimum Gasteiger partial charge on any atom is -0.369 e. The highest BCUT2D eigenvalue weighted by molar-refractivity contribution is 5.94. The monoisotopic (exact) mass is 341 g/mol. The van der Waals surface area contributed by atoms with Crippen molar-refractivity contribution in [2.75, 3.05) is 13.1 Å². The molecule has 0 bridgehead atoms. The summed E-state index contributed by atoms with van der Waals surface area (Å²) in [6.07, 6.45) is 0.0468. The van der Waals surface area contributed by atoms with Crippen LogP contribution in [0.5, 0.6) is 0 Å². The summed E-state index contributed by atoms with van der Waals surface area (Å²) in [4.78, 5) is 14.9. The Balaban J connectivity index is 1.79. The Hall–Kier alpha value is -2.14. The maximum absolute atomic E-state index is 13.0. The van der Waals surface area contributed by atoms with Gasteiger partial charge in [-0.1, -0.05) is 12.1 Å². The van der Waals surface area contributed by atoms with Crippen LogP contribution >= 0.6 is 0 Å². The van der Waals surface area contributed by atoms with Crippen LogP contribution in [0.1, 0.15) is 48.1 Å². The van der Waals surface area contributed by atoms with Crippen LogP contribution in [0.4, 0.5) is 0 Å². The van der Waals surface area contributed by atoms with Gasteiger partial charge in [0.05, 0.1) is 23.9 Å². The standard InChI is InChI=1S/C20H27N3O2/c1-14-9-15(2)23(21-14)12-17-7-6-8-18(10-17)19(24)22-11-16(3)25-20(4,5)13-22/h6-10,16H,11-13H2,1-5H3/t16-/m1/s1. The average Bonchev–Trinajstić information content (AvgIpc) is 2.82. The smallest absolute Gasteiger partial charge is 0.254 e. The Morgan fingerprint density at radius 1 is 1.32 bits per heavy atom. The molecule has 1 aliphatic rings.